The van der Waals surface area contributed by atoms with E-state index in [4.69, 9.17) is 14.7 Å². The van der Waals surface area contributed by atoms with Crippen LogP contribution in [0.3, 0.4) is 0 Å². The summed E-state index contributed by atoms with van der Waals surface area (Å²) in [6, 6.07) is 1.98. The molecule has 20 heavy (non-hydrogen) atoms. The number of likely N-dealkylation sites (tertiary alicyclic amines) is 1. The molecule has 0 saturated carbocycles. The number of nitriles is 1. The number of nitrogens with zero attached hydrogens (tertiary/aromatic N) is 2. The Morgan fingerprint density at radius 3 is 2.60 bits per heavy atom. The lowest BCUT2D eigenvalue weighted by atomic mass is 9.93. The van der Waals surface area contributed by atoms with E-state index in [-0.39, 0.29) is 12.5 Å². The molecule has 0 spiro atoms. The van der Waals surface area contributed by atoms with Crippen LogP contribution in [0, 0.1) is 23.2 Å². The maximum atomic E-state index is 11.9. The largest absolute Gasteiger partial charge is 0.465 e. The summed E-state index contributed by atoms with van der Waals surface area (Å²) in [5.41, 5.74) is -0.551. The second-order valence-corrected chi connectivity index (χ2v) is 5.83. The average molecular weight is 282 g/mol. The Morgan fingerprint density at radius 2 is 2.10 bits per heavy atom. The van der Waals surface area contributed by atoms with E-state index in [1.807, 2.05) is 6.07 Å². The van der Waals surface area contributed by atoms with E-state index in [9.17, 15) is 9.59 Å². The number of carbonyl (C=O) groups excluding carboxylic acids is 2. The van der Waals surface area contributed by atoms with Crippen molar-refractivity contribution >= 4 is 12.1 Å². The molecular weight excluding hydrogens is 260 g/mol. The van der Waals surface area contributed by atoms with E-state index in [1.165, 1.54) is 0 Å². The minimum absolute atomic E-state index is 0.188. The zero-order chi connectivity index (χ0) is 15.3. The van der Waals surface area contributed by atoms with Gasteiger partial charge in [-0.3, -0.25) is 4.79 Å². The quantitative estimate of drug-likeness (QED) is 0.739. The van der Waals surface area contributed by atoms with E-state index < -0.39 is 23.6 Å². The monoisotopic (exact) mass is 282 g/mol. The lowest BCUT2D eigenvalue weighted by molar-refractivity contribution is -0.147. The van der Waals surface area contributed by atoms with Crippen molar-refractivity contribution in [3.63, 3.8) is 0 Å². The highest BCUT2D eigenvalue weighted by molar-refractivity contribution is 5.76. The molecule has 0 aromatic rings. The Labute approximate surface area is 119 Å². The van der Waals surface area contributed by atoms with Gasteiger partial charge in [0.1, 0.15) is 11.5 Å². The van der Waals surface area contributed by atoms with Gasteiger partial charge in [-0.1, -0.05) is 0 Å². The summed E-state index contributed by atoms with van der Waals surface area (Å²) < 4.78 is 10.2. The lowest BCUT2D eigenvalue weighted by Gasteiger charge is -2.24. The molecule has 0 aliphatic carbocycles. The van der Waals surface area contributed by atoms with Gasteiger partial charge in [0.05, 0.1) is 12.7 Å². The summed E-state index contributed by atoms with van der Waals surface area (Å²) in [5, 5.41) is 9.11. The van der Waals surface area contributed by atoms with Gasteiger partial charge in [0.15, 0.2) is 0 Å². The zero-order valence-corrected chi connectivity index (χ0v) is 12.5. The van der Waals surface area contributed by atoms with E-state index in [0.717, 1.165) is 0 Å². The first-order valence-corrected chi connectivity index (χ1v) is 6.82. The normalized spacial score (nSPS) is 20.1. The summed E-state index contributed by atoms with van der Waals surface area (Å²) in [5.74, 6) is -1.51. The molecule has 1 saturated heterocycles. The summed E-state index contributed by atoms with van der Waals surface area (Å²) in [7, 11) is 0. The first kappa shape index (κ1) is 16.3. The molecule has 1 aliphatic rings. The Kier molecular flexibility index (Phi) is 5.37. The highest BCUT2D eigenvalue weighted by Crippen LogP contribution is 2.26. The van der Waals surface area contributed by atoms with Crippen LogP contribution in [0.2, 0.25) is 0 Å². The van der Waals surface area contributed by atoms with E-state index in [0.29, 0.717) is 19.5 Å². The van der Waals surface area contributed by atoms with Crippen LogP contribution in [-0.2, 0) is 14.3 Å². The third-order valence-electron chi connectivity index (χ3n) is 3.03. The highest BCUT2D eigenvalue weighted by atomic mass is 16.6. The van der Waals surface area contributed by atoms with Gasteiger partial charge < -0.3 is 14.4 Å². The Morgan fingerprint density at radius 1 is 1.45 bits per heavy atom. The van der Waals surface area contributed by atoms with Crippen molar-refractivity contribution < 1.29 is 19.1 Å². The van der Waals surface area contributed by atoms with Crippen molar-refractivity contribution in [3.8, 4) is 6.07 Å². The molecule has 1 amide bonds. The first-order valence-electron chi connectivity index (χ1n) is 6.82. The van der Waals surface area contributed by atoms with Gasteiger partial charge in [-0.25, -0.2) is 4.79 Å². The predicted octanol–water partition coefficient (Wildman–Crippen LogP) is 1.95. The molecule has 0 radical (unpaired) electrons. The molecular formula is C14H22N2O4. The molecule has 2 atom stereocenters. The van der Waals surface area contributed by atoms with Crippen molar-refractivity contribution in [3.05, 3.63) is 0 Å². The fourth-order valence-corrected chi connectivity index (χ4v) is 2.13. The van der Waals surface area contributed by atoms with Crippen LogP contribution in [0.5, 0.6) is 0 Å². The van der Waals surface area contributed by atoms with Crippen molar-refractivity contribution in [2.75, 3.05) is 19.7 Å². The van der Waals surface area contributed by atoms with Crippen LogP contribution in [-0.4, -0.2) is 42.3 Å². The fraction of sp³-hybridized carbons (Fsp3) is 0.786. The van der Waals surface area contributed by atoms with E-state index in [1.54, 1.807) is 32.6 Å². The van der Waals surface area contributed by atoms with Gasteiger partial charge in [0.25, 0.3) is 0 Å². The topological polar surface area (TPSA) is 79.6 Å². The van der Waals surface area contributed by atoms with E-state index >= 15 is 0 Å². The van der Waals surface area contributed by atoms with Crippen molar-refractivity contribution in [1.82, 2.24) is 4.90 Å². The first-order chi connectivity index (χ1) is 9.28. The molecule has 0 aromatic heterocycles. The number of esters is 1. The molecule has 1 rings (SSSR count). The van der Waals surface area contributed by atoms with Gasteiger partial charge in [0.2, 0.25) is 0 Å². The second kappa shape index (κ2) is 6.60. The summed E-state index contributed by atoms with van der Waals surface area (Å²) in [4.78, 5) is 25.1. The van der Waals surface area contributed by atoms with E-state index in [2.05, 4.69) is 0 Å². The van der Waals surface area contributed by atoms with Gasteiger partial charge in [-0.15, -0.1) is 0 Å². The molecule has 112 valence electrons. The van der Waals surface area contributed by atoms with Gasteiger partial charge >= 0.3 is 12.1 Å². The molecule has 0 bridgehead atoms. The third-order valence-corrected chi connectivity index (χ3v) is 3.03. The maximum Gasteiger partial charge on any atom is 0.410 e. The molecule has 6 heteroatoms. The zero-order valence-electron chi connectivity index (χ0n) is 12.5. The van der Waals surface area contributed by atoms with Crippen molar-refractivity contribution in [2.24, 2.45) is 11.8 Å². The van der Waals surface area contributed by atoms with Crippen molar-refractivity contribution in [2.45, 2.75) is 39.7 Å². The molecule has 6 nitrogen and oxygen atoms in total. The third kappa shape index (κ3) is 4.41. The smallest absolute Gasteiger partial charge is 0.410 e. The summed E-state index contributed by atoms with van der Waals surface area (Å²) in [6.07, 6.45) is 0.205. The Balaban J connectivity index is 2.60. The molecule has 0 aromatic carbocycles. The van der Waals surface area contributed by atoms with Crippen LogP contribution in [0.15, 0.2) is 0 Å². The van der Waals surface area contributed by atoms with Crippen LogP contribution in [0.1, 0.15) is 34.1 Å². The number of ether oxygens (including phenoxy) is 2. The molecule has 1 aliphatic heterocycles. The number of hydrogen-bond donors (Lipinski definition) is 0. The summed E-state index contributed by atoms with van der Waals surface area (Å²) >= 11 is 0. The number of carbonyl (C=O) groups is 2. The molecule has 0 N–H and O–H groups in total. The van der Waals surface area contributed by atoms with Gasteiger partial charge in [0, 0.05) is 19.0 Å². The predicted molar refractivity (Wildman–Crippen MR) is 71.7 cm³/mol. The van der Waals surface area contributed by atoms with Crippen molar-refractivity contribution in [1.29, 1.82) is 5.26 Å². The standard InChI is InChI=1S/C14H22N2O4/c1-5-19-12(17)11(8-15)10-6-7-16(9-10)13(18)20-14(2,3)4/h10-11H,5-7,9H2,1-4H3. The maximum absolute atomic E-state index is 11.9. The van der Waals surface area contributed by atoms with Gasteiger partial charge in [-0.2, -0.15) is 5.26 Å². The molecule has 1 heterocycles. The minimum atomic E-state index is -0.817. The van der Waals surface area contributed by atoms with Crippen LogP contribution < -0.4 is 0 Å². The van der Waals surface area contributed by atoms with Crippen LogP contribution in [0.4, 0.5) is 4.79 Å². The highest BCUT2D eigenvalue weighted by Gasteiger charge is 2.37. The van der Waals surface area contributed by atoms with Gasteiger partial charge in [-0.05, 0) is 34.1 Å². The SMILES string of the molecule is CCOC(=O)C(C#N)C1CCN(C(=O)OC(C)(C)C)C1. The Hall–Kier alpha value is -1.77. The molecule has 1 fully saturated rings. The van der Waals surface area contributed by atoms with Crippen LogP contribution in [0.25, 0.3) is 0 Å². The average Bonchev–Trinajstić information content (AvgIpc) is 2.77. The second-order valence-electron chi connectivity index (χ2n) is 5.83. The number of rotatable bonds is 3. The number of hydrogen-bond acceptors (Lipinski definition) is 5. The van der Waals surface area contributed by atoms with Crippen LogP contribution >= 0.6 is 0 Å². The number of amides is 1. The lowest BCUT2D eigenvalue weighted by Crippen LogP contribution is -2.36. The minimum Gasteiger partial charge on any atom is -0.465 e. The summed E-state index contributed by atoms with van der Waals surface area (Å²) in [6.45, 7) is 8.20. The molecule has 2 unspecified atom stereocenters. The Bertz CT molecular complexity index is 408. The fourth-order valence-electron chi connectivity index (χ4n) is 2.13.